The van der Waals surface area contributed by atoms with E-state index in [4.69, 9.17) is 4.98 Å². The standard InChI is InChI=1S/C26H20F3N5O/c1-33-14-30-32-24(33)18-6-3-2-5-16(18)17-11-12-22(31-23(17)15-9-10-15)34-13-20-19(25(34)35)7-4-8-21(20)26(27,28)29/h2-8,11-12,14-15H,9-10,13H2,1H3. The lowest BCUT2D eigenvalue weighted by molar-refractivity contribution is -0.138. The van der Waals surface area contributed by atoms with Gasteiger partial charge in [0.2, 0.25) is 0 Å². The van der Waals surface area contributed by atoms with Gasteiger partial charge in [-0.05, 0) is 48.2 Å². The summed E-state index contributed by atoms with van der Waals surface area (Å²) in [6, 6.07) is 15.2. The molecule has 0 saturated heterocycles. The van der Waals surface area contributed by atoms with E-state index in [-0.39, 0.29) is 23.6 Å². The number of rotatable bonds is 4. The molecular weight excluding hydrogens is 455 g/mol. The molecule has 1 aliphatic heterocycles. The van der Waals surface area contributed by atoms with E-state index < -0.39 is 17.6 Å². The molecule has 2 aromatic carbocycles. The molecule has 2 aromatic heterocycles. The third-order valence-corrected chi connectivity index (χ3v) is 6.59. The topological polar surface area (TPSA) is 63.9 Å². The fourth-order valence-electron chi connectivity index (χ4n) is 4.73. The highest BCUT2D eigenvalue weighted by Crippen LogP contribution is 2.46. The zero-order valence-electron chi connectivity index (χ0n) is 18.8. The van der Waals surface area contributed by atoms with Crippen LogP contribution in [0.1, 0.15) is 45.9 Å². The van der Waals surface area contributed by atoms with Gasteiger partial charge in [0.1, 0.15) is 12.1 Å². The Labute approximate surface area is 199 Å². The highest BCUT2D eigenvalue weighted by atomic mass is 19.4. The van der Waals surface area contributed by atoms with E-state index in [9.17, 15) is 18.0 Å². The van der Waals surface area contributed by atoms with Crippen LogP contribution in [0.2, 0.25) is 0 Å². The van der Waals surface area contributed by atoms with Crippen molar-refractivity contribution < 1.29 is 18.0 Å². The van der Waals surface area contributed by atoms with Gasteiger partial charge in [0.25, 0.3) is 5.91 Å². The largest absolute Gasteiger partial charge is 0.416 e. The number of benzene rings is 2. The van der Waals surface area contributed by atoms with E-state index in [1.807, 2.05) is 41.9 Å². The number of amides is 1. The number of carbonyl (C=O) groups excluding carboxylic acids is 1. The molecule has 0 unspecified atom stereocenters. The number of alkyl halides is 3. The Hall–Kier alpha value is -4.01. The van der Waals surface area contributed by atoms with Gasteiger partial charge in [0, 0.05) is 29.7 Å². The molecule has 1 aliphatic carbocycles. The summed E-state index contributed by atoms with van der Waals surface area (Å²) in [7, 11) is 1.88. The van der Waals surface area contributed by atoms with Crippen molar-refractivity contribution in [1.82, 2.24) is 19.7 Å². The van der Waals surface area contributed by atoms with Crippen molar-refractivity contribution in [1.29, 1.82) is 0 Å². The van der Waals surface area contributed by atoms with Crippen LogP contribution in [0.25, 0.3) is 22.5 Å². The van der Waals surface area contributed by atoms with Crippen LogP contribution < -0.4 is 4.90 Å². The maximum atomic E-state index is 13.5. The maximum Gasteiger partial charge on any atom is 0.416 e. The van der Waals surface area contributed by atoms with Crippen LogP contribution >= 0.6 is 0 Å². The van der Waals surface area contributed by atoms with Gasteiger partial charge in [0.05, 0.1) is 17.8 Å². The molecule has 0 bridgehead atoms. The van der Waals surface area contributed by atoms with Gasteiger partial charge in [-0.1, -0.05) is 30.3 Å². The first-order valence-corrected chi connectivity index (χ1v) is 11.3. The van der Waals surface area contributed by atoms with Gasteiger partial charge in [-0.15, -0.1) is 10.2 Å². The van der Waals surface area contributed by atoms with E-state index in [2.05, 4.69) is 10.2 Å². The molecule has 176 valence electrons. The summed E-state index contributed by atoms with van der Waals surface area (Å²) in [6.07, 6.45) is -0.938. The lowest BCUT2D eigenvalue weighted by Crippen LogP contribution is -2.24. The molecule has 35 heavy (non-hydrogen) atoms. The maximum absolute atomic E-state index is 13.5. The van der Waals surface area contributed by atoms with Crippen molar-refractivity contribution in [2.45, 2.75) is 31.5 Å². The second-order valence-corrected chi connectivity index (χ2v) is 8.91. The van der Waals surface area contributed by atoms with E-state index in [1.54, 1.807) is 12.4 Å². The monoisotopic (exact) mass is 475 g/mol. The Kier molecular flexibility index (Phi) is 4.77. The van der Waals surface area contributed by atoms with Crippen molar-refractivity contribution in [3.8, 4) is 22.5 Å². The van der Waals surface area contributed by atoms with E-state index in [0.717, 1.165) is 47.1 Å². The molecule has 6 nitrogen and oxygen atoms in total. The van der Waals surface area contributed by atoms with Gasteiger partial charge in [-0.25, -0.2) is 4.98 Å². The number of aromatic nitrogens is 4. The summed E-state index contributed by atoms with van der Waals surface area (Å²) in [5.74, 6) is 0.855. The number of halogens is 3. The second kappa shape index (κ2) is 7.76. The Morgan fingerprint density at radius 3 is 2.34 bits per heavy atom. The SMILES string of the molecule is Cn1cnnc1-c1ccccc1-c1ccc(N2Cc3c(cccc3C(F)(F)F)C2=O)nc1C1CC1. The molecule has 4 aromatic rings. The molecule has 2 aliphatic rings. The van der Waals surface area contributed by atoms with E-state index in [0.29, 0.717) is 5.82 Å². The molecule has 0 radical (unpaired) electrons. The number of hydrogen-bond acceptors (Lipinski definition) is 4. The lowest BCUT2D eigenvalue weighted by atomic mass is 9.96. The summed E-state index contributed by atoms with van der Waals surface area (Å²) in [5.41, 5.74) is 2.92. The average Bonchev–Trinajstić information content (AvgIpc) is 3.52. The van der Waals surface area contributed by atoms with Crippen molar-refractivity contribution in [2.75, 3.05) is 4.90 Å². The van der Waals surface area contributed by atoms with Gasteiger partial charge >= 0.3 is 6.18 Å². The second-order valence-electron chi connectivity index (χ2n) is 8.91. The number of aryl methyl sites for hydroxylation is 1. The van der Waals surface area contributed by atoms with Crippen molar-refractivity contribution >= 4 is 11.7 Å². The normalized spacial score (nSPS) is 15.5. The minimum absolute atomic E-state index is 0.00326. The van der Waals surface area contributed by atoms with Crippen LogP contribution in [0.4, 0.5) is 19.0 Å². The summed E-state index contributed by atoms with van der Waals surface area (Å²) in [4.78, 5) is 19.3. The number of nitrogens with zero attached hydrogens (tertiary/aromatic N) is 5. The van der Waals surface area contributed by atoms with Gasteiger partial charge in [-0.2, -0.15) is 13.2 Å². The first-order valence-electron chi connectivity index (χ1n) is 11.3. The van der Waals surface area contributed by atoms with Crippen LogP contribution in [-0.4, -0.2) is 25.7 Å². The molecule has 3 heterocycles. The smallest absolute Gasteiger partial charge is 0.317 e. The molecule has 9 heteroatoms. The molecule has 1 saturated carbocycles. The molecule has 0 atom stereocenters. The zero-order chi connectivity index (χ0) is 24.3. The number of anilines is 1. The number of hydrogen-bond donors (Lipinski definition) is 0. The molecule has 0 spiro atoms. The zero-order valence-corrected chi connectivity index (χ0v) is 18.8. The summed E-state index contributed by atoms with van der Waals surface area (Å²) < 4.78 is 42.5. The van der Waals surface area contributed by atoms with E-state index in [1.165, 1.54) is 17.0 Å². The van der Waals surface area contributed by atoms with Crippen molar-refractivity contribution in [3.63, 3.8) is 0 Å². The lowest BCUT2D eigenvalue weighted by Gasteiger charge is -2.19. The van der Waals surface area contributed by atoms with Crippen LogP contribution in [0.5, 0.6) is 0 Å². The Balaban J connectivity index is 1.43. The summed E-state index contributed by atoms with van der Waals surface area (Å²) >= 11 is 0. The first kappa shape index (κ1) is 21.5. The molecule has 0 N–H and O–H groups in total. The third kappa shape index (κ3) is 3.58. The molecule has 6 rings (SSSR count). The predicted molar refractivity (Wildman–Crippen MR) is 124 cm³/mol. The Bertz CT molecular complexity index is 1470. The minimum Gasteiger partial charge on any atom is -0.317 e. The highest BCUT2D eigenvalue weighted by molar-refractivity contribution is 6.10. The summed E-state index contributed by atoms with van der Waals surface area (Å²) in [5, 5.41) is 8.25. The quantitative estimate of drug-likeness (QED) is 0.385. The van der Waals surface area contributed by atoms with Crippen molar-refractivity contribution in [3.05, 3.63) is 83.3 Å². The van der Waals surface area contributed by atoms with Crippen LogP contribution in [0.3, 0.4) is 0 Å². The van der Waals surface area contributed by atoms with Crippen LogP contribution in [0.15, 0.2) is 60.9 Å². The Morgan fingerprint density at radius 1 is 0.914 bits per heavy atom. The molecule has 1 fully saturated rings. The average molecular weight is 475 g/mol. The number of pyridine rings is 1. The number of fused-ring (bicyclic) bond motifs is 1. The Morgan fingerprint density at radius 2 is 1.66 bits per heavy atom. The van der Waals surface area contributed by atoms with Gasteiger partial charge < -0.3 is 4.57 Å². The summed E-state index contributed by atoms with van der Waals surface area (Å²) in [6.45, 7) is -0.157. The minimum atomic E-state index is -4.53. The van der Waals surface area contributed by atoms with Crippen LogP contribution in [0, 0.1) is 0 Å². The van der Waals surface area contributed by atoms with Crippen LogP contribution in [-0.2, 0) is 19.8 Å². The number of carbonyl (C=O) groups is 1. The first-order chi connectivity index (χ1) is 16.8. The third-order valence-electron chi connectivity index (χ3n) is 6.59. The van der Waals surface area contributed by atoms with Gasteiger partial charge in [0.15, 0.2) is 5.82 Å². The van der Waals surface area contributed by atoms with Crippen molar-refractivity contribution in [2.24, 2.45) is 7.05 Å². The predicted octanol–water partition coefficient (Wildman–Crippen LogP) is 5.60. The molecule has 1 amide bonds. The van der Waals surface area contributed by atoms with Gasteiger partial charge in [-0.3, -0.25) is 9.69 Å². The van der Waals surface area contributed by atoms with E-state index >= 15 is 0 Å². The molecular formula is C26H20F3N5O. The highest BCUT2D eigenvalue weighted by Gasteiger charge is 2.40. The fourth-order valence-corrected chi connectivity index (χ4v) is 4.73. The fraction of sp³-hybridized carbons (Fsp3) is 0.231.